The van der Waals surface area contributed by atoms with Crippen molar-refractivity contribution >= 4 is 17.7 Å². The van der Waals surface area contributed by atoms with Crippen LogP contribution in [0.5, 0.6) is 0 Å². The Bertz CT molecular complexity index is 1330. The zero-order valence-corrected chi connectivity index (χ0v) is 26.9. The third-order valence-electron chi connectivity index (χ3n) is 14.5. The first-order valence-electron chi connectivity index (χ1n) is 16.7. The van der Waals surface area contributed by atoms with Crippen LogP contribution in [-0.2, 0) is 14.4 Å². The molecule has 1 unspecified atom stereocenters. The van der Waals surface area contributed by atoms with Gasteiger partial charge in [0.1, 0.15) is 0 Å². The molecule has 0 bridgehead atoms. The van der Waals surface area contributed by atoms with Crippen molar-refractivity contribution in [3.8, 4) is 0 Å². The van der Waals surface area contributed by atoms with Crippen molar-refractivity contribution in [3.05, 3.63) is 34.4 Å². The van der Waals surface area contributed by atoms with Crippen LogP contribution in [0.2, 0.25) is 0 Å². The van der Waals surface area contributed by atoms with Crippen LogP contribution in [0.4, 0.5) is 0 Å². The Morgan fingerprint density at radius 1 is 0.881 bits per heavy atom. The van der Waals surface area contributed by atoms with Crippen molar-refractivity contribution in [1.82, 2.24) is 0 Å². The molecule has 5 heteroatoms. The highest BCUT2D eigenvalue weighted by Crippen LogP contribution is 2.76. The summed E-state index contributed by atoms with van der Waals surface area (Å²) in [6.45, 7) is 16.6. The van der Waals surface area contributed by atoms with E-state index in [-0.39, 0.29) is 51.6 Å². The van der Waals surface area contributed by atoms with Crippen molar-refractivity contribution in [2.24, 2.45) is 56.7 Å². The van der Waals surface area contributed by atoms with Gasteiger partial charge in [-0.25, -0.2) is 0 Å². The lowest BCUT2D eigenvalue weighted by atomic mass is 9.33. The lowest BCUT2D eigenvalue weighted by Gasteiger charge is -2.71. The molecular formula is C37H52O5. The molecule has 0 heterocycles. The Morgan fingerprint density at radius 2 is 1.60 bits per heavy atom. The average molecular weight is 577 g/mol. The van der Waals surface area contributed by atoms with E-state index in [0.29, 0.717) is 24.7 Å². The molecule has 6 rings (SSSR count). The van der Waals surface area contributed by atoms with Crippen LogP contribution in [-0.4, -0.2) is 27.9 Å². The predicted octanol–water partition coefficient (Wildman–Crippen LogP) is 8.40. The van der Waals surface area contributed by atoms with Crippen molar-refractivity contribution in [1.29, 1.82) is 0 Å². The number of hydrogen-bond donors (Lipinski definition) is 2. The van der Waals surface area contributed by atoms with Crippen LogP contribution >= 0.6 is 0 Å². The highest BCUT2D eigenvalue weighted by atomic mass is 16.4. The fourth-order valence-corrected chi connectivity index (χ4v) is 12.3. The van der Waals surface area contributed by atoms with Crippen molar-refractivity contribution < 1.29 is 24.6 Å². The molecule has 0 radical (unpaired) electrons. The molecule has 8 atom stereocenters. The topological polar surface area (TPSA) is 91.7 Å². The SMILES string of the molecule is CC(C)C1=C2[C@H]3CC[C@@H]4[C@@]5(C)CC=C(C6=CCC(C(=O)O)CC6)C(C)(C)[C@@H]5CC[C@@]4(C)[C@]3(C)CC[C@@]2(C(=O)O)CC1=O. The van der Waals surface area contributed by atoms with Gasteiger partial charge in [-0.2, -0.15) is 0 Å². The van der Waals surface area contributed by atoms with Crippen LogP contribution in [0.15, 0.2) is 34.4 Å². The fraction of sp³-hybridized carbons (Fsp3) is 0.757. The van der Waals surface area contributed by atoms with Gasteiger partial charge in [0.25, 0.3) is 0 Å². The molecule has 5 nitrogen and oxygen atoms in total. The number of carboxylic acid groups (broad SMARTS) is 2. The van der Waals surface area contributed by atoms with E-state index in [1.807, 2.05) is 0 Å². The minimum absolute atomic E-state index is 0.0181. The molecule has 42 heavy (non-hydrogen) atoms. The maximum atomic E-state index is 13.4. The first-order valence-corrected chi connectivity index (χ1v) is 16.7. The third kappa shape index (κ3) is 3.70. The summed E-state index contributed by atoms with van der Waals surface area (Å²) >= 11 is 0. The second-order valence-corrected chi connectivity index (χ2v) is 16.7. The van der Waals surface area contributed by atoms with Gasteiger partial charge in [-0.15, -0.1) is 0 Å². The molecule has 2 N–H and O–H groups in total. The molecule has 0 aromatic carbocycles. The normalized spacial score (nSPS) is 44.4. The predicted molar refractivity (Wildman–Crippen MR) is 164 cm³/mol. The van der Waals surface area contributed by atoms with Crippen LogP contribution in [0.3, 0.4) is 0 Å². The van der Waals surface area contributed by atoms with Crippen LogP contribution in [0.25, 0.3) is 0 Å². The lowest BCUT2D eigenvalue weighted by Crippen LogP contribution is -2.64. The molecular weight excluding hydrogens is 524 g/mol. The summed E-state index contributed by atoms with van der Waals surface area (Å²) in [7, 11) is 0. The van der Waals surface area contributed by atoms with Gasteiger partial charge in [-0.1, -0.05) is 60.6 Å². The highest BCUT2D eigenvalue weighted by molar-refractivity contribution is 6.05. The molecule has 0 amide bonds. The number of carboxylic acids is 2. The monoisotopic (exact) mass is 576 g/mol. The molecule has 0 aliphatic heterocycles. The molecule has 6 aliphatic carbocycles. The summed E-state index contributed by atoms with van der Waals surface area (Å²) in [5, 5.41) is 20.1. The van der Waals surface area contributed by atoms with E-state index < -0.39 is 17.4 Å². The second kappa shape index (κ2) is 9.41. The van der Waals surface area contributed by atoms with E-state index in [4.69, 9.17) is 0 Å². The lowest BCUT2D eigenvalue weighted by molar-refractivity contribution is -0.201. The van der Waals surface area contributed by atoms with Crippen molar-refractivity contribution in [2.45, 2.75) is 119 Å². The van der Waals surface area contributed by atoms with E-state index in [1.54, 1.807) is 0 Å². The summed E-state index contributed by atoms with van der Waals surface area (Å²) in [5.41, 5.74) is 3.90. The van der Waals surface area contributed by atoms with Crippen LogP contribution < -0.4 is 0 Å². The number of carbonyl (C=O) groups excluding carboxylic acids is 1. The maximum Gasteiger partial charge on any atom is 0.314 e. The average Bonchev–Trinajstić information content (AvgIpc) is 3.22. The summed E-state index contributed by atoms with van der Waals surface area (Å²) in [6, 6.07) is 0. The number of allylic oxidation sites excluding steroid dienone is 5. The van der Waals surface area contributed by atoms with E-state index in [9.17, 15) is 24.6 Å². The molecule has 230 valence electrons. The number of carbonyl (C=O) groups is 3. The number of Topliss-reactive ketones (excluding diaryl/α,β-unsaturated/α-hetero) is 1. The quantitative estimate of drug-likeness (QED) is 0.351. The van der Waals surface area contributed by atoms with E-state index in [2.05, 4.69) is 60.6 Å². The zero-order valence-electron chi connectivity index (χ0n) is 26.9. The van der Waals surface area contributed by atoms with Gasteiger partial charge in [-0.3, -0.25) is 14.4 Å². The molecule has 3 fully saturated rings. The molecule has 6 aliphatic rings. The Labute approximate surface area is 252 Å². The van der Waals surface area contributed by atoms with Crippen LogP contribution in [0.1, 0.15) is 119 Å². The standard InChI is InChI=1S/C37H52O5/c1-21(2)29-26(38)20-37(32(41)42)19-18-35(6)25(30(29)37)12-13-28-34(5)16-14-24(22-8-10-23(11-9-22)31(39)40)33(3,4)27(34)15-17-36(28,35)7/h8,14,21,23,25,27-28H,9-13,15-20H2,1-7H3,(H,39,40)(H,41,42)/t23?,25-,27+,28-,34+,35-,36-,37-/m1/s1. The maximum absolute atomic E-state index is 13.4. The van der Waals surface area contributed by atoms with Gasteiger partial charge in [0.15, 0.2) is 5.78 Å². The number of hydrogen-bond acceptors (Lipinski definition) is 3. The molecule has 3 saturated carbocycles. The minimum Gasteiger partial charge on any atom is -0.481 e. The highest BCUT2D eigenvalue weighted by Gasteiger charge is 2.70. The minimum atomic E-state index is -0.997. The Morgan fingerprint density at radius 3 is 2.19 bits per heavy atom. The van der Waals surface area contributed by atoms with Crippen LogP contribution in [0, 0.1) is 56.7 Å². The molecule has 0 aromatic heterocycles. The fourth-order valence-electron chi connectivity index (χ4n) is 12.3. The van der Waals surface area contributed by atoms with Gasteiger partial charge in [0, 0.05) is 6.42 Å². The third-order valence-corrected chi connectivity index (χ3v) is 14.5. The zero-order chi connectivity index (χ0) is 30.6. The number of fused-ring (bicyclic) bond motifs is 7. The van der Waals surface area contributed by atoms with Crippen molar-refractivity contribution in [2.75, 3.05) is 0 Å². The Balaban J connectivity index is 1.38. The van der Waals surface area contributed by atoms with Gasteiger partial charge in [0.05, 0.1) is 11.3 Å². The van der Waals surface area contributed by atoms with Gasteiger partial charge < -0.3 is 10.2 Å². The summed E-state index contributed by atoms with van der Waals surface area (Å²) < 4.78 is 0. The summed E-state index contributed by atoms with van der Waals surface area (Å²) in [5.74, 6) is -0.348. The van der Waals surface area contributed by atoms with E-state index in [0.717, 1.165) is 62.5 Å². The first kappa shape index (κ1) is 29.9. The number of ketones is 1. The Kier molecular flexibility index (Phi) is 6.70. The summed E-state index contributed by atoms with van der Waals surface area (Å²) in [6.07, 6.45) is 14.0. The number of rotatable bonds is 4. The molecule has 0 aromatic rings. The largest absolute Gasteiger partial charge is 0.481 e. The van der Waals surface area contributed by atoms with E-state index in [1.165, 1.54) is 11.1 Å². The van der Waals surface area contributed by atoms with Crippen molar-refractivity contribution in [3.63, 3.8) is 0 Å². The van der Waals surface area contributed by atoms with Gasteiger partial charge >= 0.3 is 11.9 Å². The molecule has 0 spiro atoms. The Hall–Kier alpha value is -2.17. The van der Waals surface area contributed by atoms with Gasteiger partial charge in [-0.05, 0) is 132 Å². The molecule has 0 saturated heterocycles. The smallest absolute Gasteiger partial charge is 0.314 e. The summed E-state index contributed by atoms with van der Waals surface area (Å²) in [4.78, 5) is 37.9. The van der Waals surface area contributed by atoms with E-state index >= 15 is 0 Å². The second-order valence-electron chi connectivity index (χ2n) is 16.7. The number of aliphatic carboxylic acids is 2. The van der Waals surface area contributed by atoms with Gasteiger partial charge in [0.2, 0.25) is 0 Å². The first-order chi connectivity index (χ1) is 19.5.